The highest BCUT2D eigenvalue weighted by Gasteiger charge is 2.16. The van der Waals surface area contributed by atoms with Crippen molar-refractivity contribution >= 4 is 23.2 Å². The van der Waals surface area contributed by atoms with Crippen LogP contribution in [0, 0.1) is 12.7 Å². The summed E-state index contributed by atoms with van der Waals surface area (Å²) in [5, 5.41) is 4.59. The number of aryl methyl sites for hydroxylation is 1. The molecule has 112 valence electrons. The van der Waals surface area contributed by atoms with E-state index in [1.165, 1.54) is 12.1 Å². The van der Waals surface area contributed by atoms with E-state index in [1.807, 2.05) is 32.0 Å². The normalized spacial score (nSPS) is 12.4. The van der Waals surface area contributed by atoms with Gasteiger partial charge in [-0.3, -0.25) is 0 Å². The van der Waals surface area contributed by atoms with Crippen molar-refractivity contribution in [1.82, 2.24) is 5.32 Å². The van der Waals surface area contributed by atoms with Crippen molar-refractivity contribution in [1.29, 1.82) is 0 Å². The first-order valence-corrected chi connectivity index (χ1v) is 7.70. The lowest BCUT2D eigenvalue weighted by Crippen LogP contribution is -2.23. The fourth-order valence-corrected chi connectivity index (χ4v) is 2.97. The summed E-state index contributed by atoms with van der Waals surface area (Å²) in [6.07, 6.45) is 0.662. The maximum absolute atomic E-state index is 13.1. The molecule has 0 aromatic heterocycles. The van der Waals surface area contributed by atoms with Gasteiger partial charge < -0.3 is 5.32 Å². The molecule has 0 spiro atoms. The molecular formula is C17H18Cl2FN. The smallest absolute Gasteiger partial charge is 0.124 e. The maximum atomic E-state index is 13.1. The minimum atomic E-state index is -0.322. The van der Waals surface area contributed by atoms with Crippen LogP contribution in [0.15, 0.2) is 36.4 Å². The molecule has 1 atom stereocenters. The van der Waals surface area contributed by atoms with Gasteiger partial charge in [-0.15, -0.1) is 0 Å². The Kier molecular flexibility index (Phi) is 5.63. The third-order valence-electron chi connectivity index (χ3n) is 3.42. The Morgan fingerprint density at radius 2 is 1.86 bits per heavy atom. The van der Waals surface area contributed by atoms with Crippen molar-refractivity contribution < 1.29 is 4.39 Å². The van der Waals surface area contributed by atoms with Gasteiger partial charge in [0.05, 0.1) is 0 Å². The molecule has 21 heavy (non-hydrogen) atoms. The molecule has 0 saturated heterocycles. The summed E-state index contributed by atoms with van der Waals surface area (Å²) in [4.78, 5) is 0. The van der Waals surface area contributed by atoms with Crippen molar-refractivity contribution in [2.45, 2.75) is 26.3 Å². The van der Waals surface area contributed by atoms with Crippen molar-refractivity contribution in [2.24, 2.45) is 0 Å². The number of benzene rings is 2. The van der Waals surface area contributed by atoms with Crippen molar-refractivity contribution in [3.8, 4) is 0 Å². The first kappa shape index (κ1) is 16.3. The molecule has 0 radical (unpaired) electrons. The van der Waals surface area contributed by atoms with E-state index in [9.17, 15) is 4.39 Å². The van der Waals surface area contributed by atoms with Crippen molar-refractivity contribution in [2.75, 3.05) is 6.54 Å². The van der Waals surface area contributed by atoms with Crippen LogP contribution >= 0.6 is 23.2 Å². The number of hydrogen-bond donors (Lipinski definition) is 1. The second kappa shape index (κ2) is 7.26. The predicted molar refractivity (Wildman–Crippen MR) is 87.7 cm³/mol. The fourth-order valence-electron chi connectivity index (χ4n) is 2.36. The highest BCUT2D eigenvalue weighted by molar-refractivity contribution is 6.31. The summed E-state index contributed by atoms with van der Waals surface area (Å²) in [6, 6.07) is 10.6. The quantitative estimate of drug-likeness (QED) is 0.782. The van der Waals surface area contributed by atoms with Crippen LogP contribution in [0.5, 0.6) is 0 Å². The van der Waals surface area contributed by atoms with Crippen molar-refractivity contribution in [3.05, 3.63) is 69.0 Å². The highest BCUT2D eigenvalue weighted by atomic mass is 35.5. The molecule has 2 aromatic carbocycles. The summed E-state index contributed by atoms with van der Waals surface area (Å²) >= 11 is 12.5. The zero-order valence-electron chi connectivity index (χ0n) is 12.1. The lowest BCUT2D eigenvalue weighted by molar-refractivity contribution is 0.549. The molecule has 0 aliphatic rings. The first-order chi connectivity index (χ1) is 10.0. The molecule has 2 aromatic rings. The molecule has 0 heterocycles. The van der Waals surface area contributed by atoms with Crippen LogP contribution in [0.1, 0.15) is 29.7 Å². The largest absolute Gasteiger partial charge is 0.310 e. The lowest BCUT2D eigenvalue weighted by atomic mass is 9.97. The average molecular weight is 326 g/mol. The Bertz CT molecular complexity index is 628. The molecular weight excluding hydrogens is 308 g/mol. The van der Waals surface area contributed by atoms with E-state index >= 15 is 0 Å². The van der Waals surface area contributed by atoms with Crippen LogP contribution in [-0.4, -0.2) is 6.54 Å². The molecule has 1 nitrogen and oxygen atoms in total. The number of hydrogen-bond acceptors (Lipinski definition) is 1. The Balaban J connectivity index is 2.30. The molecule has 4 heteroatoms. The topological polar surface area (TPSA) is 12.0 Å². The van der Waals surface area contributed by atoms with Crippen LogP contribution in [0.25, 0.3) is 0 Å². The third-order valence-corrected chi connectivity index (χ3v) is 4.10. The van der Waals surface area contributed by atoms with Gasteiger partial charge in [-0.2, -0.15) is 0 Å². The molecule has 0 fully saturated rings. The zero-order valence-corrected chi connectivity index (χ0v) is 13.6. The number of halogens is 3. The molecule has 0 saturated carbocycles. The molecule has 1 N–H and O–H groups in total. The molecule has 0 aliphatic carbocycles. The van der Waals surface area contributed by atoms with E-state index < -0.39 is 0 Å². The van der Waals surface area contributed by atoms with E-state index in [0.717, 1.165) is 28.3 Å². The van der Waals surface area contributed by atoms with Gasteiger partial charge >= 0.3 is 0 Å². The van der Waals surface area contributed by atoms with E-state index in [-0.39, 0.29) is 11.9 Å². The SMILES string of the molecule is CCNC(Cc1ccc(F)cc1Cl)c1ccc(C)cc1Cl. The van der Waals surface area contributed by atoms with Gasteiger partial charge in [0, 0.05) is 16.1 Å². The number of likely N-dealkylation sites (N-methyl/N-ethyl adjacent to an activating group) is 1. The summed E-state index contributed by atoms with van der Waals surface area (Å²) < 4.78 is 13.1. The molecule has 0 amide bonds. The highest BCUT2D eigenvalue weighted by Crippen LogP contribution is 2.29. The Hall–Kier alpha value is -1.09. The van der Waals surface area contributed by atoms with E-state index in [1.54, 1.807) is 6.07 Å². The van der Waals surface area contributed by atoms with Gasteiger partial charge in [0.1, 0.15) is 5.82 Å². The van der Waals surface area contributed by atoms with E-state index in [2.05, 4.69) is 5.32 Å². The Morgan fingerprint density at radius 1 is 1.10 bits per heavy atom. The van der Waals surface area contributed by atoms with E-state index in [0.29, 0.717) is 11.4 Å². The predicted octanol–water partition coefficient (Wildman–Crippen LogP) is 5.33. The van der Waals surface area contributed by atoms with Gasteiger partial charge in [0.2, 0.25) is 0 Å². The summed E-state index contributed by atoms with van der Waals surface area (Å²) in [6.45, 7) is 4.86. The van der Waals surface area contributed by atoms with Gasteiger partial charge in [-0.25, -0.2) is 4.39 Å². The standard InChI is InChI=1S/C17H18Cl2FN/c1-3-21-17(14-7-4-11(2)8-16(14)19)9-12-5-6-13(20)10-15(12)18/h4-8,10,17,21H,3,9H2,1-2H3. The second-order valence-corrected chi connectivity index (χ2v) is 5.89. The fraction of sp³-hybridized carbons (Fsp3) is 0.294. The summed E-state index contributed by atoms with van der Waals surface area (Å²) in [7, 11) is 0. The van der Waals surface area contributed by atoms with Crippen LogP contribution in [-0.2, 0) is 6.42 Å². The zero-order chi connectivity index (χ0) is 15.4. The van der Waals surface area contributed by atoms with Crippen LogP contribution in [0.3, 0.4) is 0 Å². The molecule has 2 rings (SSSR count). The Morgan fingerprint density at radius 3 is 2.48 bits per heavy atom. The third kappa shape index (κ3) is 4.19. The first-order valence-electron chi connectivity index (χ1n) is 6.94. The van der Waals surface area contributed by atoms with Gasteiger partial charge in [0.15, 0.2) is 0 Å². The van der Waals surface area contributed by atoms with Gasteiger partial charge in [-0.05, 0) is 54.8 Å². The van der Waals surface area contributed by atoms with Crippen LogP contribution < -0.4 is 5.32 Å². The summed E-state index contributed by atoms with van der Waals surface area (Å²) in [5.74, 6) is -0.322. The molecule has 0 bridgehead atoms. The average Bonchev–Trinajstić information content (AvgIpc) is 2.41. The number of nitrogens with one attached hydrogen (secondary N) is 1. The Labute approximate surface area is 135 Å². The van der Waals surface area contributed by atoms with Crippen LogP contribution in [0.2, 0.25) is 10.0 Å². The molecule has 0 aliphatic heterocycles. The lowest BCUT2D eigenvalue weighted by Gasteiger charge is -2.20. The van der Waals surface area contributed by atoms with Gasteiger partial charge in [-0.1, -0.05) is 48.3 Å². The minimum absolute atomic E-state index is 0.0473. The number of rotatable bonds is 5. The monoisotopic (exact) mass is 325 g/mol. The minimum Gasteiger partial charge on any atom is -0.310 e. The summed E-state index contributed by atoms with van der Waals surface area (Å²) in [5.41, 5.74) is 3.06. The second-order valence-electron chi connectivity index (χ2n) is 5.08. The van der Waals surface area contributed by atoms with Crippen LogP contribution in [0.4, 0.5) is 4.39 Å². The van der Waals surface area contributed by atoms with Gasteiger partial charge in [0.25, 0.3) is 0 Å². The maximum Gasteiger partial charge on any atom is 0.124 e. The van der Waals surface area contributed by atoms with Crippen molar-refractivity contribution in [3.63, 3.8) is 0 Å². The molecule has 1 unspecified atom stereocenters. The van der Waals surface area contributed by atoms with E-state index in [4.69, 9.17) is 23.2 Å².